The zero-order valence-electron chi connectivity index (χ0n) is 23.2. The molecule has 0 radical (unpaired) electrons. The first-order valence-electron chi connectivity index (χ1n) is 12.6. The van der Waals surface area contributed by atoms with Gasteiger partial charge in [0.15, 0.2) is 0 Å². The molecule has 1 N–H and O–H groups in total. The fourth-order valence-electron chi connectivity index (χ4n) is 4.24. The Bertz CT molecular complexity index is 1470. The molecule has 40 heavy (non-hydrogen) atoms. The number of anilines is 1. The standard InChI is InChI=1S/C29H34Cl2N4O4S/c1-20-11-12-21(2)26(15-20)35(40(38,39)33(4)5)19-28(36)34(18-23-13-14-24(30)17-25(23)31)27(29(37)32-3)16-22-9-7-6-8-10-22/h6-15,17,27H,16,18-19H2,1-5H3,(H,32,37)/t27-/m1/s1. The van der Waals surface area contributed by atoms with E-state index in [0.717, 1.165) is 19.7 Å². The van der Waals surface area contributed by atoms with Crippen molar-refractivity contribution in [1.82, 2.24) is 14.5 Å². The molecule has 0 fully saturated rings. The number of aryl methyl sites for hydroxylation is 2. The summed E-state index contributed by atoms with van der Waals surface area (Å²) in [5.74, 6) is -0.960. The van der Waals surface area contributed by atoms with Gasteiger partial charge >= 0.3 is 10.2 Å². The van der Waals surface area contributed by atoms with Gasteiger partial charge in [-0.2, -0.15) is 12.7 Å². The van der Waals surface area contributed by atoms with Crippen LogP contribution in [0.25, 0.3) is 0 Å². The van der Waals surface area contributed by atoms with Crippen LogP contribution >= 0.6 is 23.2 Å². The number of amides is 2. The van der Waals surface area contributed by atoms with Crippen LogP contribution in [0.5, 0.6) is 0 Å². The molecule has 0 aliphatic carbocycles. The minimum absolute atomic E-state index is 0.0393. The number of nitrogens with one attached hydrogen (secondary N) is 1. The van der Waals surface area contributed by atoms with Gasteiger partial charge in [0.05, 0.1) is 5.69 Å². The lowest BCUT2D eigenvalue weighted by Crippen LogP contribution is -2.54. The molecule has 2 amide bonds. The highest BCUT2D eigenvalue weighted by atomic mass is 35.5. The van der Waals surface area contributed by atoms with Gasteiger partial charge in [0, 0.05) is 44.2 Å². The van der Waals surface area contributed by atoms with Gasteiger partial charge in [-0.15, -0.1) is 0 Å². The molecule has 0 aliphatic heterocycles. The Kier molecular flexibility index (Phi) is 10.6. The largest absolute Gasteiger partial charge is 0.357 e. The molecule has 0 saturated carbocycles. The first-order valence-corrected chi connectivity index (χ1v) is 14.8. The summed E-state index contributed by atoms with van der Waals surface area (Å²) in [6.07, 6.45) is 0.210. The van der Waals surface area contributed by atoms with Gasteiger partial charge in [-0.1, -0.05) is 71.7 Å². The Balaban J connectivity index is 2.13. The molecule has 3 rings (SSSR count). The van der Waals surface area contributed by atoms with Crippen LogP contribution in [0.4, 0.5) is 5.69 Å². The number of likely N-dealkylation sites (N-methyl/N-ethyl adjacent to an activating group) is 1. The van der Waals surface area contributed by atoms with Crippen molar-refractivity contribution in [2.75, 3.05) is 32.0 Å². The van der Waals surface area contributed by atoms with Crippen molar-refractivity contribution >= 4 is 50.9 Å². The minimum Gasteiger partial charge on any atom is -0.357 e. The van der Waals surface area contributed by atoms with Gasteiger partial charge in [0.2, 0.25) is 11.8 Å². The van der Waals surface area contributed by atoms with E-state index in [1.54, 1.807) is 37.3 Å². The summed E-state index contributed by atoms with van der Waals surface area (Å²) in [6.45, 7) is 3.06. The zero-order valence-corrected chi connectivity index (χ0v) is 25.5. The third-order valence-electron chi connectivity index (χ3n) is 6.53. The number of carbonyl (C=O) groups excluding carboxylic acids is 2. The smallest absolute Gasteiger partial charge is 0.304 e. The number of benzene rings is 3. The predicted molar refractivity (Wildman–Crippen MR) is 161 cm³/mol. The fourth-order valence-corrected chi connectivity index (χ4v) is 5.83. The van der Waals surface area contributed by atoms with E-state index in [-0.39, 0.29) is 13.0 Å². The van der Waals surface area contributed by atoms with E-state index >= 15 is 0 Å². The monoisotopic (exact) mass is 604 g/mol. The summed E-state index contributed by atoms with van der Waals surface area (Å²) in [4.78, 5) is 28.8. The maximum atomic E-state index is 14.2. The Labute approximate surface area is 246 Å². The summed E-state index contributed by atoms with van der Waals surface area (Å²) in [6, 6.07) is 18.7. The molecule has 0 aliphatic rings. The summed E-state index contributed by atoms with van der Waals surface area (Å²) < 4.78 is 29.2. The Morgan fingerprint density at radius 1 is 0.950 bits per heavy atom. The number of hydrogen-bond acceptors (Lipinski definition) is 4. The Morgan fingerprint density at radius 3 is 2.23 bits per heavy atom. The number of nitrogens with zero attached hydrogens (tertiary/aromatic N) is 3. The summed E-state index contributed by atoms with van der Waals surface area (Å²) in [7, 11) is 0.233. The lowest BCUT2D eigenvalue weighted by molar-refractivity contribution is -0.139. The van der Waals surface area contributed by atoms with Crippen molar-refractivity contribution < 1.29 is 18.0 Å². The SMILES string of the molecule is CNC(=O)[C@@H](Cc1ccccc1)N(Cc1ccc(Cl)cc1Cl)C(=O)CN(c1cc(C)ccc1C)S(=O)(=O)N(C)C. The molecule has 0 heterocycles. The molecule has 0 spiro atoms. The van der Waals surface area contributed by atoms with Crippen LogP contribution in [0.2, 0.25) is 10.0 Å². The van der Waals surface area contributed by atoms with E-state index < -0.39 is 34.6 Å². The lowest BCUT2D eigenvalue weighted by atomic mass is 10.0. The molecule has 3 aromatic carbocycles. The zero-order chi connectivity index (χ0) is 29.6. The lowest BCUT2D eigenvalue weighted by Gasteiger charge is -2.34. The van der Waals surface area contributed by atoms with Crippen LogP contribution in [0.15, 0.2) is 66.7 Å². The van der Waals surface area contributed by atoms with Gasteiger partial charge in [-0.3, -0.25) is 9.59 Å². The van der Waals surface area contributed by atoms with E-state index in [0.29, 0.717) is 26.9 Å². The molecule has 8 nitrogen and oxygen atoms in total. The summed E-state index contributed by atoms with van der Waals surface area (Å²) in [5.41, 5.74) is 3.30. The molecule has 11 heteroatoms. The third-order valence-corrected chi connectivity index (χ3v) is 8.92. The second-order valence-electron chi connectivity index (χ2n) is 9.66. The highest BCUT2D eigenvalue weighted by molar-refractivity contribution is 7.90. The molecule has 3 aromatic rings. The molecular weight excluding hydrogens is 571 g/mol. The highest BCUT2D eigenvalue weighted by Crippen LogP contribution is 2.28. The number of hydrogen-bond donors (Lipinski definition) is 1. The van der Waals surface area contributed by atoms with Crippen LogP contribution in [0.3, 0.4) is 0 Å². The van der Waals surface area contributed by atoms with Crippen molar-refractivity contribution in [3.63, 3.8) is 0 Å². The van der Waals surface area contributed by atoms with Crippen molar-refractivity contribution in [2.24, 2.45) is 0 Å². The number of halogens is 2. The molecule has 214 valence electrons. The van der Waals surface area contributed by atoms with Crippen LogP contribution in [0.1, 0.15) is 22.3 Å². The molecule has 0 aromatic heterocycles. The van der Waals surface area contributed by atoms with Gasteiger partial charge in [0.1, 0.15) is 12.6 Å². The topological polar surface area (TPSA) is 90.0 Å². The Morgan fingerprint density at radius 2 is 1.62 bits per heavy atom. The van der Waals surface area contributed by atoms with Crippen molar-refractivity contribution in [2.45, 2.75) is 32.9 Å². The summed E-state index contributed by atoms with van der Waals surface area (Å²) >= 11 is 12.6. The molecule has 1 atom stereocenters. The van der Waals surface area contributed by atoms with Crippen LogP contribution in [-0.2, 0) is 32.8 Å². The van der Waals surface area contributed by atoms with E-state index in [1.165, 1.54) is 26.0 Å². The minimum atomic E-state index is -4.08. The summed E-state index contributed by atoms with van der Waals surface area (Å²) in [5, 5.41) is 3.41. The quantitative estimate of drug-likeness (QED) is 0.346. The van der Waals surface area contributed by atoms with Gasteiger partial charge in [-0.05, 0) is 54.3 Å². The maximum Gasteiger partial charge on any atom is 0.304 e. The van der Waals surface area contributed by atoms with Crippen molar-refractivity contribution in [1.29, 1.82) is 0 Å². The van der Waals surface area contributed by atoms with Crippen molar-refractivity contribution in [3.8, 4) is 0 Å². The second kappa shape index (κ2) is 13.5. The van der Waals surface area contributed by atoms with Crippen LogP contribution in [0, 0.1) is 13.8 Å². The van der Waals surface area contributed by atoms with E-state index in [9.17, 15) is 18.0 Å². The van der Waals surface area contributed by atoms with Gasteiger partial charge in [-0.25, -0.2) is 4.31 Å². The number of carbonyl (C=O) groups is 2. The number of rotatable bonds is 11. The maximum absolute atomic E-state index is 14.2. The van der Waals surface area contributed by atoms with E-state index in [1.807, 2.05) is 43.3 Å². The third kappa shape index (κ3) is 7.54. The molecule has 0 bridgehead atoms. The highest BCUT2D eigenvalue weighted by Gasteiger charge is 2.35. The first kappa shape index (κ1) is 31.4. The fraction of sp³-hybridized carbons (Fsp3) is 0.310. The van der Waals surface area contributed by atoms with E-state index in [2.05, 4.69) is 5.32 Å². The van der Waals surface area contributed by atoms with Gasteiger partial charge < -0.3 is 10.2 Å². The normalized spacial score (nSPS) is 12.2. The predicted octanol–water partition coefficient (Wildman–Crippen LogP) is 4.61. The Hall–Kier alpha value is -3.11. The van der Waals surface area contributed by atoms with Crippen molar-refractivity contribution in [3.05, 3.63) is 99.0 Å². The molecule has 0 saturated heterocycles. The van der Waals surface area contributed by atoms with E-state index in [4.69, 9.17) is 23.2 Å². The van der Waals surface area contributed by atoms with Gasteiger partial charge in [0.25, 0.3) is 0 Å². The molecular formula is C29H34Cl2N4O4S. The van der Waals surface area contributed by atoms with Crippen LogP contribution in [-0.4, -0.2) is 63.2 Å². The second-order valence-corrected chi connectivity index (χ2v) is 12.6. The average Bonchev–Trinajstić information content (AvgIpc) is 2.91. The average molecular weight is 606 g/mol. The van der Waals surface area contributed by atoms with Crippen LogP contribution < -0.4 is 9.62 Å². The molecule has 0 unspecified atom stereocenters. The first-order chi connectivity index (χ1) is 18.8.